The van der Waals surface area contributed by atoms with Gasteiger partial charge in [0.05, 0.1) is 0 Å². The number of amides is 2. The first kappa shape index (κ1) is 13.2. The molecule has 0 unspecified atom stereocenters. The molecule has 0 spiro atoms. The zero-order valence-electron chi connectivity index (χ0n) is 11.6. The van der Waals surface area contributed by atoms with Gasteiger partial charge < -0.3 is 16.0 Å². The Hall–Kier alpha value is -2.82. The fourth-order valence-electron chi connectivity index (χ4n) is 2.75. The van der Waals surface area contributed by atoms with Crippen LogP contribution in [-0.2, 0) is 6.54 Å². The van der Waals surface area contributed by atoms with Crippen molar-refractivity contribution in [2.24, 2.45) is 11.5 Å². The average Bonchev–Trinajstić information content (AvgIpc) is 2.79. The van der Waals surface area contributed by atoms with E-state index in [1.807, 2.05) is 19.1 Å². The summed E-state index contributed by atoms with van der Waals surface area (Å²) < 4.78 is 2.13. The number of rotatable bonds is 3. The molecule has 0 aliphatic rings. The number of hydrogen-bond donors (Lipinski definition) is 2. The molecule has 2 amide bonds. The largest absolute Gasteiger partial charge is 0.366 e. The van der Waals surface area contributed by atoms with Gasteiger partial charge in [0.25, 0.3) is 0 Å². The molecule has 0 saturated heterocycles. The maximum absolute atomic E-state index is 11.4. The molecule has 106 valence electrons. The first-order valence-electron chi connectivity index (χ1n) is 6.68. The standard InChI is InChI=1S/C16H15N3O2/c1-2-19-13-5-3-9(15(17)20)7-11(13)12-8-10(16(18)21)4-6-14(12)19/h3-8H,2H2,1H3,(H2,17,20)(H2,18,21). The van der Waals surface area contributed by atoms with Crippen LogP contribution in [-0.4, -0.2) is 16.4 Å². The summed E-state index contributed by atoms with van der Waals surface area (Å²) in [4.78, 5) is 22.7. The molecular weight excluding hydrogens is 266 g/mol. The monoisotopic (exact) mass is 281 g/mol. The van der Waals surface area contributed by atoms with Crippen LogP contribution in [0.4, 0.5) is 0 Å². The molecule has 0 saturated carbocycles. The highest BCUT2D eigenvalue weighted by atomic mass is 16.1. The summed E-state index contributed by atoms with van der Waals surface area (Å²) in [6.07, 6.45) is 0. The van der Waals surface area contributed by atoms with Crippen LogP contribution in [0.5, 0.6) is 0 Å². The molecule has 2 aromatic carbocycles. The van der Waals surface area contributed by atoms with Crippen molar-refractivity contribution in [2.75, 3.05) is 0 Å². The quantitative estimate of drug-likeness (QED) is 0.768. The van der Waals surface area contributed by atoms with Gasteiger partial charge in [0.1, 0.15) is 0 Å². The molecule has 21 heavy (non-hydrogen) atoms. The predicted molar refractivity (Wildman–Crippen MR) is 82.2 cm³/mol. The lowest BCUT2D eigenvalue weighted by Crippen LogP contribution is -2.10. The van der Waals surface area contributed by atoms with Crippen molar-refractivity contribution in [3.8, 4) is 0 Å². The number of hydrogen-bond acceptors (Lipinski definition) is 2. The van der Waals surface area contributed by atoms with Gasteiger partial charge in [-0.2, -0.15) is 0 Å². The van der Waals surface area contributed by atoms with E-state index < -0.39 is 11.8 Å². The lowest BCUT2D eigenvalue weighted by Gasteiger charge is -2.03. The summed E-state index contributed by atoms with van der Waals surface area (Å²) >= 11 is 0. The average molecular weight is 281 g/mol. The Morgan fingerprint density at radius 1 is 0.905 bits per heavy atom. The van der Waals surface area contributed by atoms with Gasteiger partial charge in [0.2, 0.25) is 11.8 Å². The minimum Gasteiger partial charge on any atom is -0.366 e. The summed E-state index contributed by atoms with van der Waals surface area (Å²) in [5, 5.41) is 1.79. The number of benzene rings is 2. The van der Waals surface area contributed by atoms with Crippen LogP contribution in [0.15, 0.2) is 36.4 Å². The van der Waals surface area contributed by atoms with Crippen molar-refractivity contribution < 1.29 is 9.59 Å². The van der Waals surface area contributed by atoms with Gasteiger partial charge in [0, 0.05) is 39.5 Å². The van der Waals surface area contributed by atoms with Crippen LogP contribution in [0.3, 0.4) is 0 Å². The number of aryl methyl sites for hydroxylation is 1. The topological polar surface area (TPSA) is 91.1 Å². The molecule has 0 bridgehead atoms. The van der Waals surface area contributed by atoms with Crippen molar-refractivity contribution in [1.82, 2.24) is 4.57 Å². The van der Waals surface area contributed by atoms with Crippen LogP contribution >= 0.6 is 0 Å². The fourth-order valence-corrected chi connectivity index (χ4v) is 2.75. The third-order valence-electron chi connectivity index (χ3n) is 3.75. The molecule has 0 atom stereocenters. The van der Waals surface area contributed by atoms with Gasteiger partial charge >= 0.3 is 0 Å². The zero-order chi connectivity index (χ0) is 15.1. The molecule has 0 aliphatic heterocycles. The Balaban J connectivity index is 2.45. The molecule has 0 aliphatic carbocycles. The predicted octanol–water partition coefficient (Wildman–Crippen LogP) is 2.01. The zero-order valence-corrected chi connectivity index (χ0v) is 11.6. The van der Waals surface area contributed by atoms with E-state index >= 15 is 0 Å². The van der Waals surface area contributed by atoms with Crippen LogP contribution in [0.2, 0.25) is 0 Å². The molecule has 3 aromatic rings. The lowest BCUT2D eigenvalue weighted by molar-refractivity contribution is 0.0992. The molecule has 4 N–H and O–H groups in total. The number of carbonyl (C=O) groups is 2. The highest BCUT2D eigenvalue weighted by Crippen LogP contribution is 2.30. The normalized spacial score (nSPS) is 11.1. The first-order valence-corrected chi connectivity index (χ1v) is 6.68. The highest BCUT2D eigenvalue weighted by Gasteiger charge is 2.13. The van der Waals surface area contributed by atoms with Crippen molar-refractivity contribution in [1.29, 1.82) is 0 Å². The van der Waals surface area contributed by atoms with Crippen LogP contribution in [0.1, 0.15) is 27.6 Å². The number of primary amides is 2. The minimum atomic E-state index is -0.472. The van der Waals surface area contributed by atoms with Gasteiger partial charge in [-0.25, -0.2) is 0 Å². The maximum Gasteiger partial charge on any atom is 0.248 e. The Labute approximate surface area is 121 Å². The van der Waals surface area contributed by atoms with E-state index in [-0.39, 0.29) is 0 Å². The third-order valence-corrected chi connectivity index (χ3v) is 3.75. The second kappa shape index (κ2) is 4.63. The fraction of sp³-hybridized carbons (Fsp3) is 0.125. The second-order valence-electron chi connectivity index (χ2n) is 4.94. The van der Waals surface area contributed by atoms with Gasteiger partial charge in [-0.1, -0.05) is 0 Å². The second-order valence-corrected chi connectivity index (χ2v) is 4.94. The summed E-state index contributed by atoms with van der Waals surface area (Å²) in [7, 11) is 0. The molecular formula is C16H15N3O2. The van der Waals surface area contributed by atoms with Gasteiger partial charge in [-0.3, -0.25) is 9.59 Å². The van der Waals surface area contributed by atoms with E-state index in [1.54, 1.807) is 24.3 Å². The molecule has 5 heteroatoms. The number of aromatic nitrogens is 1. The maximum atomic E-state index is 11.4. The first-order chi connectivity index (χ1) is 10.0. The summed E-state index contributed by atoms with van der Waals surface area (Å²) in [5.74, 6) is -0.944. The number of fused-ring (bicyclic) bond motifs is 3. The molecule has 0 radical (unpaired) electrons. The van der Waals surface area contributed by atoms with E-state index in [0.717, 1.165) is 28.4 Å². The van der Waals surface area contributed by atoms with Crippen LogP contribution < -0.4 is 11.5 Å². The van der Waals surface area contributed by atoms with Crippen LogP contribution in [0.25, 0.3) is 21.8 Å². The molecule has 0 fully saturated rings. The third kappa shape index (κ3) is 1.94. The Morgan fingerprint density at radius 3 is 1.67 bits per heavy atom. The lowest BCUT2D eigenvalue weighted by atomic mass is 10.1. The van der Waals surface area contributed by atoms with E-state index in [1.165, 1.54) is 0 Å². The van der Waals surface area contributed by atoms with E-state index in [4.69, 9.17) is 11.5 Å². The molecule has 1 heterocycles. The highest BCUT2D eigenvalue weighted by molar-refractivity contribution is 6.12. The number of nitrogens with two attached hydrogens (primary N) is 2. The number of nitrogens with zero attached hydrogens (tertiary/aromatic N) is 1. The van der Waals surface area contributed by atoms with E-state index in [0.29, 0.717) is 11.1 Å². The van der Waals surface area contributed by atoms with Crippen molar-refractivity contribution in [3.05, 3.63) is 47.5 Å². The van der Waals surface area contributed by atoms with Crippen molar-refractivity contribution in [3.63, 3.8) is 0 Å². The van der Waals surface area contributed by atoms with Crippen molar-refractivity contribution >= 4 is 33.6 Å². The number of carbonyl (C=O) groups excluding carboxylic acids is 2. The summed E-state index contributed by atoms with van der Waals surface area (Å²) in [6, 6.07) is 10.7. The Bertz CT molecular complexity index is 822. The van der Waals surface area contributed by atoms with E-state index in [2.05, 4.69) is 4.57 Å². The molecule has 3 rings (SSSR count). The van der Waals surface area contributed by atoms with E-state index in [9.17, 15) is 9.59 Å². The Kier molecular flexibility index (Phi) is 2.90. The molecule has 5 nitrogen and oxygen atoms in total. The van der Waals surface area contributed by atoms with Gasteiger partial charge in [0.15, 0.2) is 0 Å². The summed E-state index contributed by atoms with van der Waals surface area (Å²) in [6.45, 7) is 2.83. The Morgan fingerprint density at radius 2 is 1.33 bits per heavy atom. The SMILES string of the molecule is CCn1c2ccc(C(N)=O)cc2c2cc(C(N)=O)ccc21. The van der Waals surface area contributed by atoms with Gasteiger partial charge in [-0.05, 0) is 43.3 Å². The minimum absolute atomic E-state index is 0.446. The van der Waals surface area contributed by atoms with Crippen molar-refractivity contribution in [2.45, 2.75) is 13.5 Å². The summed E-state index contributed by atoms with van der Waals surface area (Å²) in [5.41, 5.74) is 13.6. The smallest absolute Gasteiger partial charge is 0.248 e. The van der Waals surface area contributed by atoms with Crippen LogP contribution in [0, 0.1) is 0 Å². The van der Waals surface area contributed by atoms with Gasteiger partial charge in [-0.15, -0.1) is 0 Å². The molecule has 1 aromatic heterocycles.